The molecule has 0 spiro atoms. The van der Waals surface area contributed by atoms with Crippen LogP contribution < -0.4 is 5.73 Å². The quantitative estimate of drug-likeness (QED) is 0.333. The van der Waals surface area contributed by atoms with E-state index >= 15 is 0 Å². The lowest BCUT2D eigenvalue weighted by molar-refractivity contribution is -0.127. The molecular formula is C31H29N7O. The van der Waals surface area contributed by atoms with Gasteiger partial charge in [-0.15, -0.1) is 0 Å². The molecule has 0 radical (unpaired) electrons. The smallest absolute Gasteiger partial charge is 0.246 e. The Kier molecular flexibility index (Phi) is 6.61. The van der Waals surface area contributed by atoms with Crippen molar-refractivity contribution in [3.8, 4) is 28.3 Å². The summed E-state index contributed by atoms with van der Waals surface area (Å²) < 4.78 is 2.05. The van der Waals surface area contributed by atoms with Gasteiger partial charge in [0.1, 0.15) is 11.3 Å². The topological polar surface area (TPSA) is 93.2 Å². The summed E-state index contributed by atoms with van der Waals surface area (Å²) >= 11 is 0. The standard InChI is InChI=1S/C31H29N7O/c1-2-28(39)37-19-17-36(18-20-37)21-22-10-12-24(13-11-22)38-30(25-9-6-16-33-29(25)32)35-27-15-14-26(34-31(27)38)23-7-4-3-5-8-23/h2-16H,1,17-21H2,(H2,32,33). The van der Waals surface area contributed by atoms with E-state index in [-0.39, 0.29) is 5.91 Å². The van der Waals surface area contributed by atoms with Gasteiger partial charge in [-0.05, 0) is 48.0 Å². The van der Waals surface area contributed by atoms with Crippen LogP contribution in [0, 0.1) is 0 Å². The normalized spacial score (nSPS) is 14.0. The second kappa shape index (κ2) is 10.5. The summed E-state index contributed by atoms with van der Waals surface area (Å²) in [5, 5.41) is 0. The van der Waals surface area contributed by atoms with Crippen LogP contribution in [0.25, 0.3) is 39.5 Å². The maximum atomic E-state index is 11.9. The van der Waals surface area contributed by atoms with Crippen molar-refractivity contribution >= 4 is 22.9 Å². The molecule has 1 aliphatic heterocycles. The van der Waals surface area contributed by atoms with E-state index in [9.17, 15) is 4.79 Å². The third kappa shape index (κ3) is 4.89. The molecule has 2 N–H and O–H groups in total. The molecule has 39 heavy (non-hydrogen) atoms. The SMILES string of the molecule is C=CC(=O)N1CCN(Cc2ccc(-n3c(-c4cccnc4N)nc4ccc(-c5ccccc5)nc43)cc2)CC1. The molecule has 8 heteroatoms. The summed E-state index contributed by atoms with van der Waals surface area (Å²) in [5.74, 6) is 1.12. The minimum absolute atomic E-state index is 0.000602. The number of pyridine rings is 2. The van der Waals surface area contributed by atoms with E-state index in [1.54, 1.807) is 6.20 Å². The fourth-order valence-electron chi connectivity index (χ4n) is 5.02. The number of benzene rings is 2. The van der Waals surface area contributed by atoms with E-state index in [1.165, 1.54) is 11.6 Å². The van der Waals surface area contributed by atoms with Gasteiger partial charge in [0.15, 0.2) is 11.5 Å². The van der Waals surface area contributed by atoms with Crippen LogP contribution in [0.3, 0.4) is 0 Å². The van der Waals surface area contributed by atoms with Gasteiger partial charge < -0.3 is 10.6 Å². The number of hydrogen-bond acceptors (Lipinski definition) is 6. The number of carbonyl (C=O) groups excluding carboxylic acids is 1. The lowest BCUT2D eigenvalue weighted by Gasteiger charge is -2.34. The number of nitrogen functional groups attached to an aromatic ring is 1. The third-order valence-electron chi connectivity index (χ3n) is 7.11. The molecule has 3 aromatic heterocycles. The Morgan fingerprint density at radius 1 is 0.897 bits per heavy atom. The fraction of sp³-hybridized carbons (Fsp3) is 0.161. The second-order valence-corrected chi connectivity index (χ2v) is 9.58. The van der Waals surface area contributed by atoms with Crippen molar-refractivity contribution in [3.63, 3.8) is 0 Å². The third-order valence-corrected chi connectivity index (χ3v) is 7.11. The number of fused-ring (bicyclic) bond motifs is 1. The number of anilines is 1. The van der Waals surface area contributed by atoms with Crippen LogP contribution >= 0.6 is 0 Å². The van der Waals surface area contributed by atoms with Crippen molar-refractivity contribution in [2.45, 2.75) is 6.54 Å². The lowest BCUT2D eigenvalue weighted by Crippen LogP contribution is -2.47. The number of aromatic nitrogens is 4. The summed E-state index contributed by atoms with van der Waals surface area (Å²) in [6.07, 6.45) is 3.07. The van der Waals surface area contributed by atoms with Gasteiger partial charge in [0.05, 0.1) is 11.3 Å². The maximum absolute atomic E-state index is 11.9. The molecular weight excluding hydrogens is 486 g/mol. The zero-order chi connectivity index (χ0) is 26.8. The molecule has 0 saturated carbocycles. The van der Waals surface area contributed by atoms with E-state index in [0.717, 1.165) is 66.4 Å². The summed E-state index contributed by atoms with van der Waals surface area (Å²) in [7, 11) is 0. The predicted molar refractivity (Wildman–Crippen MR) is 154 cm³/mol. The number of hydrogen-bond donors (Lipinski definition) is 1. The molecule has 4 heterocycles. The molecule has 0 aliphatic carbocycles. The molecule has 6 rings (SSSR count). The van der Waals surface area contributed by atoms with Crippen LogP contribution in [0.2, 0.25) is 0 Å². The van der Waals surface area contributed by atoms with Crippen LogP contribution in [-0.2, 0) is 11.3 Å². The Morgan fingerprint density at radius 3 is 2.38 bits per heavy atom. The number of imidazole rings is 1. The van der Waals surface area contributed by atoms with Crippen LogP contribution in [-0.4, -0.2) is 61.4 Å². The molecule has 1 fully saturated rings. The van der Waals surface area contributed by atoms with Crippen LogP contribution in [0.15, 0.2) is 97.7 Å². The Morgan fingerprint density at radius 2 is 1.67 bits per heavy atom. The van der Waals surface area contributed by atoms with E-state index in [0.29, 0.717) is 11.6 Å². The number of nitrogens with zero attached hydrogens (tertiary/aromatic N) is 6. The molecule has 2 aromatic carbocycles. The fourth-order valence-corrected chi connectivity index (χ4v) is 5.02. The molecule has 5 aromatic rings. The largest absolute Gasteiger partial charge is 0.383 e. The Balaban J connectivity index is 1.35. The minimum Gasteiger partial charge on any atom is -0.383 e. The first-order valence-corrected chi connectivity index (χ1v) is 13.0. The zero-order valence-corrected chi connectivity index (χ0v) is 21.6. The van der Waals surface area contributed by atoms with Crippen molar-refractivity contribution in [3.05, 3.63) is 103 Å². The Hall–Kier alpha value is -4.82. The average molecular weight is 516 g/mol. The highest BCUT2D eigenvalue weighted by atomic mass is 16.2. The molecule has 0 bridgehead atoms. The van der Waals surface area contributed by atoms with Crippen molar-refractivity contribution in [2.75, 3.05) is 31.9 Å². The van der Waals surface area contributed by atoms with Gasteiger partial charge in [0.25, 0.3) is 0 Å². The maximum Gasteiger partial charge on any atom is 0.246 e. The number of carbonyl (C=O) groups is 1. The highest BCUT2D eigenvalue weighted by Gasteiger charge is 2.21. The van der Waals surface area contributed by atoms with E-state index in [4.69, 9.17) is 15.7 Å². The lowest BCUT2D eigenvalue weighted by atomic mass is 10.1. The molecule has 8 nitrogen and oxygen atoms in total. The summed E-state index contributed by atoms with van der Waals surface area (Å²) in [6, 6.07) is 26.4. The van der Waals surface area contributed by atoms with Gasteiger partial charge in [-0.2, -0.15) is 0 Å². The predicted octanol–water partition coefficient (Wildman–Crippen LogP) is 4.56. The van der Waals surface area contributed by atoms with Crippen LogP contribution in [0.5, 0.6) is 0 Å². The van der Waals surface area contributed by atoms with Gasteiger partial charge >= 0.3 is 0 Å². The second-order valence-electron chi connectivity index (χ2n) is 9.58. The summed E-state index contributed by atoms with van der Waals surface area (Å²) in [4.78, 5) is 30.4. The van der Waals surface area contributed by atoms with Gasteiger partial charge in [-0.25, -0.2) is 15.0 Å². The number of piperazine rings is 1. The van der Waals surface area contributed by atoms with Crippen molar-refractivity contribution < 1.29 is 4.79 Å². The van der Waals surface area contributed by atoms with E-state index in [1.807, 2.05) is 47.4 Å². The monoisotopic (exact) mass is 515 g/mol. The molecule has 0 unspecified atom stereocenters. The van der Waals surface area contributed by atoms with Gasteiger partial charge in [-0.1, -0.05) is 49.0 Å². The van der Waals surface area contributed by atoms with Gasteiger partial charge in [0.2, 0.25) is 5.91 Å². The Labute approximate surface area is 227 Å². The molecule has 1 saturated heterocycles. The first kappa shape index (κ1) is 24.5. The minimum atomic E-state index is 0.000602. The molecule has 0 atom stereocenters. The average Bonchev–Trinajstić information content (AvgIpc) is 3.37. The summed E-state index contributed by atoms with van der Waals surface area (Å²) in [5.41, 5.74) is 12.6. The van der Waals surface area contributed by atoms with E-state index < -0.39 is 0 Å². The van der Waals surface area contributed by atoms with Crippen LogP contribution in [0.4, 0.5) is 5.82 Å². The molecule has 1 aliphatic rings. The highest BCUT2D eigenvalue weighted by molar-refractivity contribution is 5.87. The highest BCUT2D eigenvalue weighted by Crippen LogP contribution is 2.31. The first-order chi connectivity index (χ1) is 19.1. The van der Waals surface area contributed by atoms with Crippen molar-refractivity contribution in [2.24, 2.45) is 0 Å². The Bertz CT molecular complexity index is 1640. The number of amides is 1. The van der Waals surface area contributed by atoms with Crippen molar-refractivity contribution in [1.82, 2.24) is 29.3 Å². The van der Waals surface area contributed by atoms with Gasteiger partial charge in [-0.3, -0.25) is 14.3 Å². The summed E-state index contributed by atoms with van der Waals surface area (Å²) in [6.45, 7) is 7.52. The first-order valence-electron chi connectivity index (χ1n) is 13.0. The van der Waals surface area contributed by atoms with Crippen molar-refractivity contribution in [1.29, 1.82) is 0 Å². The van der Waals surface area contributed by atoms with Crippen LogP contribution in [0.1, 0.15) is 5.56 Å². The molecule has 194 valence electrons. The zero-order valence-electron chi connectivity index (χ0n) is 21.6. The number of rotatable bonds is 6. The molecule has 1 amide bonds. The number of nitrogens with two attached hydrogens (primary N) is 1. The van der Waals surface area contributed by atoms with E-state index in [2.05, 4.69) is 57.4 Å². The van der Waals surface area contributed by atoms with Gasteiger partial charge in [0, 0.05) is 50.2 Å².